The van der Waals surface area contributed by atoms with Crippen molar-refractivity contribution in [3.05, 3.63) is 48.7 Å². The standard InChI is InChI=1S/C18H24N2O4S2/c1-3-20(4-2)26(22,23)17-10-11-18(19-12-17)25-14-15(21)13-24-16-8-6-5-7-9-16/h5-12,15,21H,3-4,13-14H2,1-2H3/t15-/m1/s1. The van der Waals surface area contributed by atoms with Gasteiger partial charge in [0.05, 0.1) is 11.1 Å². The summed E-state index contributed by atoms with van der Waals surface area (Å²) >= 11 is 1.35. The third-order valence-corrected chi connectivity index (χ3v) is 6.78. The average Bonchev–Trinajstić information content (AvgIpc) is 2.66. The lowest BCUT2D eigenvalue weighted by Gasteiger charge is -2.18. The van der Waals surface area contributed by atoms with Gasteiger partial charge in [-0.1, -0.05) is 32.0 Å². The minimum atomic E-state index is -3.50. The number of pyridine rings is 1. The Morgan fingerprint density at radius 3 is 2.42 bits per heavy atom. The van der Waals surface area contributed by atoms with E-state index in [1.165, 1.54) is 22.3 Å². The molecule has 2 aromatic rings. The van der Waals surface area contributed by atoms with E-state index >= 15 is 0 Å². The molecule has 0 aliphatic carbocycles. The molecule has 0 bridgehead atoms. The molecule has 0 unspecified atom stereocenters. The van der Waals surface area contributed by atoms with Gasteiger partial charge in [-0.15, -0.1) is 11.8 Å². The molecule has 26 heavy (non-hydrogen) atoms. The number of rotatable bonds is 10. The minimum absolute atomic E-state index is 0.179. The molecule has 0 amide bonds. The van der Waals surface area contributed by atoms with Crippen molar-refractivity contribution in [3.8, 4) is 5.75 Å². The molecule has 2 rings (SSSR count). The summed E-state index contributed by atoms with van der Waals surface area (Å²) in [4.78, 5) is 4.37. The lowest BCUT2D eigenvalue weighted by molar-refractivity contribution is 0.126. The highest BCUT2D eigenvalue weighted by molar-refractivity contribution is 7.99. The van der Waals surface area contributed by atoms with E-state index in [4.69, 9.17) is 4.74 Å². The van der Waals surface area contributed by atoms with Crippen molar-refractivity contribution in [3.63, 3.8) is 0 Å². The summed E-state index contributed by atoms with van der Waals surface area (Å²) in [5.41, 5.74) is 0. The zero-order valence-electron chi connectivity index (χ0n) is 14.9. The molecule has 1 heterocycles. The topological polar surface area (TPSA) is 79.7 Å². The van der Waals surface area contributed by atoms with Gasteiger partial charge in [0, 0.05) is 25.0 Å². The summed E-state index contributed by atoms with van der Waals surface area (Å²) in [6.45, 7) is 4.63. The van der Waals surface area contributed by atoms with Crippen LogP contribution in [0, 0.1) is 0 Å². The Hall–Kier alpha value is -1.61. The first kappa shape index (κ1) is 20.7. The predicted molar refractivity (Wildman–Crippen MR) is 103 cm³/mol. The smallest absolute Gasteiger partial charge is 0.244 e. The van der Waals surface area contributed by atoms with Crippen LogP contribution < -0.4 is 4.74 Å². The van der Waals surface area contributed by atoms with Crippen LogP contribution in [0.15, 0.2) is 58.6 Å². The van der Waals surface area contributed by atoms with Gasteiger partial charge in [0.25, 0.3) is 0 Å². The summed E-state index contributed by atoms with van der Waals surface area (Å²) < 4.78 is 31.7. The fraction of sp³-hybridized carbons (Fsp3) is 0.389. The van der Waals surface area contributed by atoms with Gasteiger partial charge in [0.15, 0.2) is 0 Å². The van der Waals surface area contributed by atoms with Crippen molar-refractivity contribution in [2.75, 3.05) is 25.4 Å². The lowest BCUT2D eigenvalue weighted by atomic mass is 10.3. The van der Waals surface area contributed by atoms with Gasteiger partial charge in [-0.2, -0.15) is 4.31 Å². The number of sulfonamides is 1. The maximum Gasteiger partial charge on any atom is 0.244 e. The maximum atomic E-state index is 12.4. The molecule has 0 saturated heterocycles. The van der Waals surface area contributed by atoms with Crippen LogP contribution in [-0.2, 0) is 10.0 Å². The molecule has 6 nitrogen and oxygen atoms in total. The zero-order valence-corrected chi connectivity index (χ0v) is 16.5. The van der Waals surface area contributed by atoms with Gasteiger partial charge < -0.3 is 9.84 Å². The fourth-order valence-electron chi connectivity index (χ4n) is 2.26. The molecule has 0 fully saturated rings. The second-order valence-electron chi connectivity index (χ2n) is 5.51. The molecule has 1 atom stereocenters. The number of para-hydroxylation sites is 1. The van der Waals surface area contributed by atoms with Crippen LogP contribution in [0.4, 0.5) is 0 Å². The quantitative estimate of drug-likeness (QED) is 0.622. The first-order valence-corrected chi connectivity index (χ1v) is 10.8. The minimum Gasteiger partial charge on any atom is -0.491 e. The second-order valence-corrected chi connectivity index (χ2v) is 8.49. The summed E-state index contributed by atoms with van der Waals surface area (Å²) in [5, 5.41) is 10.7. The van der Waals surface area contributed by atoms with Gasteiger partial charge in [-0.25, -0.2) is 13.4 Å². The van der Waals surface area contributed by atoms with Crippen LogP contribution in [0.5, 0.6) is 5.75 Å². The van der Waals surface area contributed by atoms with E-state index in [0.29, 0.717) is 29.6 Å². The lowest BCUT2D eigenvalue weighted by Crippen LogP contribution is -2.30. The van der Waals surface area contributed by atoms with Gasteiger partial charge >= 0.3 is 0 Å². The van der Waals surface area contributed by atoms with Crippen molar-refractivity contribution in [2.24, 2.45) is 0 Å². The van der Waals surface area contributed by atoms with Crippen molar-refractivity contribution >= 4 is 21.8 Å². The van der Waals surface area contributed by atoms with E-state index in [2.05, 4.69) is 4.98 Å². The molecular formula is C18H24N2O4S2. The van der Waals surface area contributed by atoms with Gasteiger partial charge in [0.1, 0.15) is 17.3 Å². The van der Waals surface area contributed by atoms with E-state index in [1.807, 2.05) is 30.3 Å². The Balaban J connectivity index is 1.87. The summed E-state index contributed by atoms with van der Waals surface area (Å²) in [6, 6.07) is 12.5. The Morgan fingerprint density at radius 1 is 1.15 bits per heavy atom. The molecule has 142 valence electrons. The monoisotopic (exact) mass is 396 g/mol. The van der Waals surface area contributed by atoms with Crippen LogP contribution in [-0.4, -0.2) is 54.4 Å². The molecule has 1 N–H and O–H groups in total. The highest BCUT2D eigenvalue weighted by Crippen LogP contribution is 2.20. The molecule has 1 aromatic carbocycles. The Labute approximate surface area is 159 Å². The molecule has 1 aromatic heterocycles. The Kier molecular flexibility index (Phi) is 7.89. The Bertz CT molecular complexity index is 764. The maximum absolute atomic E-state index is 12.4. The number of nitrogens with zero attached hydrogens (tertiary/aromatic N) is 2. The predicted octanol–water partition coefficient (Wildman–Crippen LogP) is 2.64. The van der Waals surface area contributed by atoms with E-state index in [9.17, 15) is 13.5 Å². The van der Waals surface area contributed by atoms with E-state index in [0.717, 1.165) is 0 Å². The van der Waals surface area contributed by atoms with Crippen molar-refractivity contribution < 1.29 is 18.3 Å². The number of aromatic nitrogens is 1. The Morgan fingerprint density at radius 2 is 1.85 bits per heavy atom. The normalized spacial score (nSPS) is 12.9. The summed E-state index contributed by atoms with van der Waals surface area (Å²) in [5.74, 6) is 1.11. The van der Waals surface area contributed by atoms with Crippen LogP contribution in [0.25, 0.3) is 0 Å². The number of hydrogen-bond acceptors (Lipinski definition) is 6. The molecule has 0 saturated carbocycles. The van der Waals surface area contributed by atoms with Crippen LogP contribution in [0.1, 0.15) is 13.8 Å². The summed E-state index contributed by atoms with van der Waals surface area (Å²) in [6.07, 6.45) is 0.712. The highest BCUT2D eigenvalue weighted by atomic mass is 32.2. The SMILES string of the molecule is CCN(CC)S(=O)(=O)c1ccc(SC[C@H](O)COc2ccccc2)nc1. The number of thioether (sulfide) groups is 1. The fourth-order valence-corrected chi connectivity index (χ4v) is 4.41. The van der Waals surface area contributed by atoms with Gasteiger partial charge in [-0.3, -0.25) is 0 Å². The first-order chi connectivity index (χ1) is 12.5. The molecular weight excluding hydrogens is 372 g/mol. The van der Waals surface area contributed by atoms with Crippen molar-refractivity contribution in [2.45, 2.75) is 29.9 Å². The number of benzene rings is 1. The number of ether oxygens (including phenoxy) is 1. The largest absolute Gasteiger partial charge is 0.491 e. The molecule has 0 aliphatic heterocycles. The van der Waals surface area contributed by atoms with E-state index < -0.39 is 16.1 Å². The third-order valence-electron chi connectivity index (χ3n) is 3.66. The van der Waals surface area contributed by atoms with Crippen LogP contribution in [0.2, 0.25) is 0 Å². The number of hydrogen-bond donors (Lipinski definition) is 1. The molecule has 0 aliphatic rings. The average molecular weight is 397 g/mol. The van der Waals surface area contributed by atoms with Crippen LogP contribution >= 0.6 is 11.8 Å². The highest BCUT2D eigenvalue weighted by Gasteiger charge is 2.21. The first-order valence-electron chi connectivity index (χ1n) is 8.42. The van der Waals surface area contributed by atoms with Gasteiger partial charge in [-0.05, 0) is 24.3 Å². The van der Waals surface area contributed by atoms with Crippen LogP contribution in [0.3, 0.4) is 0 Å². The third kappa shape index (κ3) is 5.70. The van der Waals surface area contributed by atoms with Gasteiger partial charge in [0.2, 0.25) is 10.0 Å². The van der Waals surface area contributed by atoms with E-state index in [1.54, 1.807) is 26.0 Å². The zero-order chi connectivity index (χ0) is 19.0. The molecule has 0 spiro atoms. The number of aliphatic hydroxyl groups is 1. The molecule has 8 heteroatoms. The second kappa shape index (κ2) is 9.91. The molecule has 0 radical (unpaired) electrons. The van der Waals surface area contributed by atoms with Crippen molar-refractivity contribution in [1.82, 2.24) is 9.29 Å². The van der Waals surface area contributed by atoms with Crippen molar-refractivity contribution in [1.29, 1.82) is 0 Å². The summed E-state index contributed by atoms with van der Waals surface area (Å²) in [7, 11) is -3.50. The number of aliphatic hydroxyl groups excluding tert-OH is 1. The van der Waals surface area contributed by atoms with E-state index in [-0.39, 0.29) is 11.5 Å².